The van der Waals surface area contributed by atoms with Crippen molar-refractivity contribution in [3.05, 3.63) is 0 Å². The highest BCUT2D eigenvalue weighted by Gasteiger charge is 2.39. The molecule has 0 aromatic rings. The Hall–Kier alpha value is -0.610. The SMILES string of the molecule is CCCCCCCOCC(C)(NC1CC1)C(=O)OCC. The van der Waals surface area contributed by atoms with Crippen LogP contribution in [0.5, 0.6) is 0 Å². The van der Waals surface area contributed by atoms with E-state index in [2.05, 4.69) is 12.2 Å². The largest absolute Gasteiger partial charge is 0.465 e. The van der Waals surface area contributed by atoms with Gasteiger partial charge < -0.3 is 9.47 Å². The van der Waals surface area contributed by atoms with E-state index in [0.29, 0.717) is 19.3 Å². The van der Waals surface area contributed by atoms with Gasteiger partial charge in [0.1, 0.15) is 5.54 Å². The number of hydrogen-bond acceptors (Lipinski definition) is 4. The van der Waals surface area contributed by atoms with Crippen LogP contribution in [0.4, 0.5) is 0 Å². The van der Waals surface area contributed by atoms with Gasteiger partial charge >= 0.3 is 5.97 Å². The maximum atomic E-state index is 12.1. The van der Waals surface area contributed by atoms with Crippen LogP contribution in [0.2, 0.25) is 0 Å². The fraction of sp³-hybridized carbons (Fsp3) is 0.938. The summed E-state index contributed by atoms with van der Waals surface area (Å²) >= 11 is 0. The third kappa shape index (κ3) is 6.71. The lowest BCUT2D eigenvalue weighted by atomic mass is 10.0. The van der Waals surface area contributed by atoms with E-state index in [0.717, 1.165) is 25.9 Å². The molecule has 1 saturated carbocycles. The molecule has 1 atom stereocenters. The molecule has 0 amide bonds. The first-order chi connectivity index (χ1) is 9.62. The molecule has 4 heteroatoms. The van der Waals surface area contributed by atoms with Crippen molar-refractivity contribution in [1.29, 1.82) is 0 Å². The Labute approximate surface area is 123 Å². The van der Waals surface area contributed by atoms with E-state index in [1.54, 1.807) is 0 Å². The van der Waals surface area contributed by atoms with Gasteiger partial charge in [0, 0.05) is 12.6 Å². The van der Waals surface area contributed by atoms with Gasteiger partial charge in [0.15, 0.2) is 0 Å². The summed E-state index contributed by atoms with van der Waals surface area (Å²) in [6.07, 6.45) is 8.40. The van der Waals surface area contributed by atoms with E-state index in [9.17, 15) is 4.79 Å². The summed E-state index contributed by atoms with van der Waals surface area (Å²) in [4.78, 5) is 12.1. The molecular formula is C16H31NO3. The van der Waals surface area contributed by atoms with E-state index in [1.807, 2.05) is 13.8 Å². The predicted octanol–water partition coefficient (Wildman–Crippen LogP) is 3.05. The van der Waals surface area contributed by atoms with Gasteiger partial charge in [-0.2, -0.15) is 0 Å². The highest BCUT2D eigenvalue weighted by atomic mass is 16.5. The summed E-state index contributed by atoms with van der Waals surface area (Å²) in [5.74, 6) is -0.196. The second-order valence-electron chi connectivity index (χ2n) is 5.94. The van der Waals surface area contributed by atoms with Crippen LogP contribution < -0.4 is 5.32 Å². The highest BCUT2D eigenvalue weighted by molar-refractivity contribution is 5.80. The predicted molar refractivity (Wildman–Crippen MR) is 80.8 cm³/mol. The quantitative estimate of drug-likeness (QED) is 0.442. The minimum absolute atomic E-state index is 0.196. The Morgan fingerprint density at radius 1 is 1.20 bits per heavy atom. The molecule has 0 bridgehead atoms. The molecule has 0 radical (unpaired) electrons. The number of esters is 1. The van der Waals surface area contributed by atoms with E-state index >= 15 is 0 Å². The minimum Gasteiger partial charge on any atom is -0.465 e. The van der Waals surface area contributed by atoms with E-state index in [4.69, 9.17) is 9.47 Å². The van der Waals surface area contributed by atoms with Crippen molar-refractivity contribution >= 4 is 5.97 Å². The number of carbonyl (C=O) groups excluding carboxylic acids is 1. The third-order valence-electron chi connectivity index (χ3n) is 3.61. The molecule has 0 spiro atoms. The average Bonchev–Trinajstić information content (AvgIpc) is 3.22. The maximum absolute atomic E-state index is 12.1. The van der Waals surface area contributed by atoms with Crippen LogP contribution in [-0.4, -0.2) is 37.4 Å². The van der Waals surface area contributed by atoms with Gasteiger partial charge in [0.05, 0.1) is 13.2 Å². The lowest BCUT2D eigenvalue weighted by Crippen LogP contribution is -2.55. The molecule has 0 aromatic heterocycles. The lowest BCUT2D eigenvalue weighted by Gasteiger charge is -2.28. The van der Waals surface area contributed by atoms with E-state index in [1.165, 1.54) is 25.7 Å². The minimum atomic E-state index is -0.694. The van der Waals surface area contributed by atoms with Crippen molar-refractivity contribution in [1.82, 2.24) is 5.32 Å². The summed E-state index contributed by atoms with van der Waals surface area (Å²) in [6, 6.07) is 0.456. The van der Waals surface area contributed by atoms with Gasteiger partial charge in [-0.3, -0.25) is 5.32 Å². The van der Waals surface area contributed by atoms with Crippen LogP contribution in [0.3, 0.4) is 0 Å². The molecule has 20 heavy (non-hydrogen) atoms. The van der Waals surface area contributed by atoms with Crippen LogP contribution >= 0.6 is 0 Å². The van der Waals surface area contributed by atoms with Gasteiger partial charge in [-0.25, -0.2) is 4.79 Å². The van der Waals surface area contributed by atoms with Gasteiger partial charge in [0.2, 0.25) is 0 Å². The van der Waals surface area contributed by atoms with Crippen LogP contribution in [-0.2, 0) is 14.3 Å². The molecule has 0 heterocycles. The monoisotopic (exact) mass is 285 g/mol. The summed E-state index contributed by atoms with van der Waals surface area (Å²) in [5, 5.41) is 3.36. The van der Waals surface area contributed by atoms with Crippen molar-refractivity contribution in [2.24, 2.45) is 0 Å². The van der Waals surface area contributed by atoms with Gasteiger partial charge in [-0.1, -0.05) is 32.6 Å². The van der Waals surface area contributed by atoms with Crippen LogP contribution in [0.1, 0.15) is 65.7 Å². The first-order valence-corrected chi connectivity index (χ1v) is 8.15. The summed E-state index contributed by atoms with van der Waals surface area (Å²) in [7, 11) is 0. The first kappa shape index (κ1) is 17.4. The topological polar surface area (TPSA) is 47.6 Å². The Balaban J connectivity index is 2.23. The lowest BCUT2D eigenvalue weighted by molar-refractivity contribution is -0.153. The molecule has 1 fully saturated rings. The van der Waals surface area contributed by atoms with Crippen molar-refractivity contribution in [2.75, 3.05) is 19.8 Å². The van der Waals surface area contributed by atoms with Crippen molar-refractivity contribution in [3.8, 4) is 0 Å². The Morgan fingerprint density at radius 2 is 1.90 bits per heavy atom. The second-order valence-corrected chi connectivity index (χ2v) is 5.94. The normalized spacial score (nSPS) is 17.8. The summed E-state index contributed by atoms with van der Waals surface area (Å²) < 4.78 is 10.9. The van der Waals surface area contributed by atoms with Gasteiger partial charge in [-0.15, -0.1) is 0 Å². The van der Waals surface area contributed by atoms with Crippen molar-refractivity contribution < 1.29 is 14.3 Å². The molecule has 1 rings (SSSR count). The number of rotatable bonds is 12. The zero-order chi connectivity index (χ0) is 14.8. The van der Waals surface area contributed by atoms with Gasteiger partial charge in [-0.05, 0) is 33.1 Å². The molecule has 0 saturated heterocycles. The molecular weight excluding hydrogens is 254 g/mol. The maximum Gasteiger partial charge on any atom is 0.328 e. The average molecular weight is 285 g/mol. The first-order valence-electron chi connectivity index (χ1n) is 8.15. The molecule has 4 nitrogen and oxygen atoms in total. The zero-order valence-electron chi connectivity index (χ0n) is 13.4. The standard InChI is InChI=1S/C16H31NO3/c1-4-6-7-8-9-12-19-13-16(3,15(18)20-5-2)17-14-10-11-14/h14,17H,4-13H2,1-3H3. The number of carbonyl (C=O) groups is 1. The van der Waals surface area contributed by atoms with Crippen LogP contribution in [0.25, 0.3) is 0 Å². The Kier molecular flexibility index (Phi) is 8.15. The molecule has 1 aliphatic carbocycles. The number of hydrogen-bond donors (Lipinski definition) is 1. The molecule has 1 N–H and O–H groups in total. The molecule has 1 aliphatic rings. The van der Waals surface area contributed by atoms with Crippen LogP contribution in [0.15, 0.2) is 0 Å². The Bertz CT molecular complexity index is 279. The summed E-state index contributed by atoms with van der Waals surface area (Å²) in [6.45, 7) is 7.48. The fourth-order valence-electron chi connectivity index (χ4n) is 2.21. The number of unbranched alkanes of at least 4 members (excludes halogenated alkanes) is 4. The third-order valence-corrected chi connectivity index (χ3v) is 3.61. The number of nitrogens with one attached hydrogen (secondary N) is 1. The summed E-state index contributed by atoms with van der Waals surface area (Å²) in [5.41, 5.74) is -0.694. The number of ether oxygens (including phenoxy) is 2. The van der Waals surface area contributed by atoms with E-state index in [-0.39, 0.29) is 5.97 Å². The molecule has 1 unspecified atom stereocenters. The molecule has 0 aliphatic heterocycles. The van der Waals surface area contributed by atoms with Gasteiger partial charge in [0.25, 0.3) is 0 Å². The van der Waals surface area contributed by atoms with E-state index < -0.39 is 5.54 Å². The smallest absolute Gasteiger partial charge is 0.328 e. The van der Waals surface area contributed by atoms with Crippen LogP contribution in [0, 0.1) is 0 Å². The fourth-order valence-corrected chi connectivity index (χ4v) is 2.21. The second kappa shape index (κ2) is 9.35. The highest BCUT2D eigenvalue weighted by Crippen LogP contribution is 2.23. The van der Waals surface area contributed by atoms with Crippen molar-refractivity contribution in [2.45, 2.75) is 77.3 Å². The molecule has 0 aromatic carbocycles. The zero-order valence-corrected chi connectivity index (χ0v) is 13.4. The molecule has 118 valence electrons. The Morgan fingerprint density at radius 3 is 2.50 bits per heavy atom. The van der Waals surface area contributed by atoms with Crippen molar-refractivity contribution in [3.63, 3.8) is 0 Å².